The predicted molar refractivity (Wildman–Crippen MR) is 162 cm³/mol. The minimum atomic E-state index is -3.14. The Labute approximate surface area is 256 Å². The zero-order chi connectivity index (χ0) is 29.1. The molecule has 0 aromatic heterocycles. The topological polar surface area (TPSA) is 123 Å². The number of piperazine rings is 1. The van der Waals surface area contributed by atoms with Crippen LogP contribution in [0, 0.1) is 0 Å². The predicted octanol–water partition coefficient (Wildman–Crippen LogP) is 1.59. The van der Waals surface area contributed by atoms with E-state index in [1.807, 2.05) is 4.90 Å². The molecular formula is C27H41IN6O6S. The SMILES string of the molecule is CS(=O)(=O)N1CCC(N2CCN(C(=O)COC(=O)N3CCC(N4CCC5=CCC(I)C=C5NC4=O)CC3)CC2)CC1. The number of nitrogens with one attached hydrogen (secondary N) is 1. The summed E-state index contributed by atoms with van der Waals surface area (Å²) in [5.41, 5.74) is 2.14. The lowest BCUT2D eigenvalue weighted by molar-refractivity contribution is -0.136. The summed E-state index contributed by atoms with van der Waals surface area (Å²) in [5.74, 6) is -0.195. The van der Waals surface area contributed by atoms with Crippen molar-refractivity contribution in [1.29, 1.82) is 0 Å². The fourth-order valence-corrected chi connectivity index (χ4v) is 7.99. The highest BCUT2D eigenvalue weighted by Crippen LogP contribution is 2.28. The number of sulfonamides is 1. The maximum atomic E-state index is 12.9. The maximum absolute atomic E-state index is 12.9. The molecule has 5 rings (SSSR count). The second kappa shape index (κ2) is 13.2. The number of amides is 4. The number of likely N-dealkylation sites (tertiary alicyclic amines) is 1. The molecule has 1 atom stereocenters. The first-order valence-corrected chi connectivity index (χ1v) is 17.7. The smallest absolute Gasteiger partial charge is 0.410 e. The van der Waals surface area contributed by atoms with Crippen LogP contribution in [0.5, 0.6) is 0 Å². The normalized spacial score (nSPS) is 26.0. The third kappa shape index (κ3) is 7.54. The van der Waals surface area contributed by atoms with Gasteiger partial charge in [0.1, 0.15) is 0 Å². The number of nitrogens with zero attached hydrogens (tertiary/aromatic N) is 5. The molecule has 4 amide bonds. The number of alkyl halides is 1. The van der Waals surface area contributed by atoms with E-state index in [0.717, 1.165) is 44.5 Å². The fourth-order valence-electron chi connectivity index (χ4n) is 6.50. The molecule has 1 N–H and O–H groups in total. The number of allylic oxidation sites excluding steroid dienone is 3. The van der Waals surface area contributed by atoms with E-state index in [0.29, 0.717) is 68.6 Å². The number of rotatable bonds is 5. The van der Waals surface area contributed by atoms with Crippen LogP contribution in [0.15, 0.2) is 23.4 Å². The first-order chi connectivity index (χ1) is 19.6. The van der Waals surface area contributed by atoms with Gasteiger partial charge in [-0.05, 0) is 50.2 Å². The molecule has 0 bridgehead atoms. The number of fused-ring (bicyclic) bond motifs is 1. The molecule has 14 heteroatoms. The zero-order valence-corrected chi connectivity index (χ0v) is 26.6. The Morgan fingerprint density at radius 2 is 1.61 bits per heavy atom. The Balaban J connectivity index is 1.01. The van der Waals surface area contributed by atoms with Crippen LogP contribution in [0.1, 0.15) is 38.5 Å². The van der Waals surface area contributed by atoms with E-state index in [1.54, 1.807) is 9.80 Å². The summed E-state index contributed by atoms with van der Waals surface area (Å²) in [5, 5.41) is 3.09. The fraction of sp³-hybridized carbons (Fsp3) is 0.741. The van der Waals surface area contributed by atoms with Gasteiger partial charge in [-0.15, -0.1) is 0 Å². The van der Waals surface area contributed by atoms with Gasteiger partial charge in [-0.3, -0.25) is 9.69 Å². The number of halogens is 1. The Kier molecular flexibility index (Phi) is 9.81. The van der Waals surface area contributed by atoms with Crippen LogP contribution in [-0.4, -0.2) is 138 Å². The molecule has 1 unspecified atom stereocenters. The van der Waals surface area contributed by atoms with Crippen LogP contribution >= 0.6 is 22.6 Å². The van der Waals surface area contributed by atoms with E-state index in [1.165, 1.54) is 16.1 Å². The largest absolute Gasteiger partial charge is 0.439 e. The first-order valence-electron chi connectivity index (χ1n) is 14.6. The van der Waals surface area contributed by atoms with Crippen LogP contribution < -0.4 is 5.32 Å². The quantitative estimate of drug-likeness (QED) is 0.341. The van der Waals surface area contributed by atoms with Gasteiger partial charge in [0.15, 0.2) is 6.61 Å². The highest BCUT2D eigenvalue weighted by molar-refractivity contribution is 14.1. The summed E-state index contributed by atoms with van der Waals surface area (Å²) in [4.78, 5) is 46.0. The summed E-state index contributed by atoms with van der Waals surface area (Å²) >= 11 is 2.38. The highest BCUT2D eigenvalue weighted by atomic mass is 127. The highest BCUT2D eigenvalue weighted by Gasteiger charge is 2.34. The zero-order valence-electron chi connectivity index (χ0n) is 23.7. The molecule has 12 nitrogen and oxygen atoms in total. The van der Waals surface area contributed by atoms with Gasteiger partial charge in [0, 0.05) is 80.6 Å². The number of carbonyl (C=O) groups excluding carboxylic acids is 3. The average molecular weight is 705 g/mol. The molecule has 4 heterocycles. The summed E-state index contributed by atoms with van der Waals surface area (Å²) < 4.78 is 30.8. The number of piperidine rings is 2. The van der Waals surface area contributed by atoms with Crippen molar-refractivity contribution in [1.82, 2.24) is 29.2 Å². The summed E-state index contributed by atoms with van der Waals surface area (Å²) in [7, 11) is -3.14. The summed E-state index contributed by atoms with van der Waals surface area (Å²) in [6.45, 7) is 5.03. The second-order valence-electron chi connectivity index (χ2n) is 11.5. The van der Waals surface area contributed by atoms with E-state index in [-0.39, 0.29) is 24.6 Å². The number of carbonyl (C=O) groups is 3. The molecule has 5 aliphatic rings. The molecule has 4 saturated heterocycles. The number of urea groups is 1. The second-order valence-corrected chi connectivity index (χ2v) is 15.1. The van der Waals surface area contributed by atoms with Crippen LogP contribution in [0.25, 0.3) is 0 Å². The van der Waals surface area contributed by atoms with Crippen LogP contribution in [0.4, 0.5) is 9.59 Å². The van der Waals surface area contributed by atoms with Gasteiger partial charge in [0.05, 0.1) is 6.26 Å². The van der Waals surface area contributed by atoms with Gasteiger partial charge in [-0.2, -0.15) is 0 Å². The molecule has 4 fully saturated rings. The summed E-state index contributed by atoms with van der Waals surface area (Å²) in [6.07, 6.45) is 9.89. The monoisotopic (exact) mass is 704 g/mol. The first kappa shape index (κ1) is 30.5. The van der Waals surface area contributed by atoms with Gasteiger partial charge in [-0.25, -0.2) is 22.3 Å². The van der Waals surface area contributed by atoms with Crippen molar-refractivity contribution in [2.45, 2.75) is 54.5 Å². The van der Waals surface area contributed by atoms with Crippen LogP contribution in [0.2, 0.25) is 0 Å². The minimum absolute atomic E-state index is 0.0624. The van der Waals surface area contributed by atoms with E-state index in [9.17, 15) is 22.8 Å². The van der Waals surface area contributed by atoms with E-state index in [4.69, 9.17) is 4.74 Å². The average Bonchev–Trinajstić information content (AvgIpc) is 3.13. The van der Waals surface area contributed by atoms with Crippen molar-refractivity contribution in [2.75, 3.05) is 71.8 Å². The Morgan fingerprint density at radius 1 is 0.951 bits per heavy atom. The molecule has 0 aromatic rings. The molecule has 0 spiro atoms. The molecule has 0 aromatic carbocycles. The number of hydrogen-bond acceptors (Lipinski definition) is 7. The number of ether oxygens (including phenoxy) is 1. The third-order valence-electron chi connectivity index (χ3n) is 8.97. The minimum Gasteiger partial charge on any atom is -0.439 e. The molecular weight excluding hydrogens is 663 g/mol. The van der Waals surface area contributed by atoms with Crippen LogP contribution in [-0.2, 0) is 19.6 Å². The van der Waals surface area contributed by atoms with Crippen molar-refractivity contribution in [3.63, 3.8) is 0 Å². The van der Waals surface area contributed by atoms with Gasteiger partial charge >= 0.3 is 12.1 Å². The van der Waals surface area contributed by atoms with Crippen molar-refractivity contribution in [3.8, 4) is 0 Å². The third-order valence-corrected chi connectivity index (χ3v) is 11.1. The number of hydrogen-bond donors (Lipinski definition) is 1. The molecule has 4 aliphatic heterocycles. The van der Waals surface area contributed by atoms with Gasteiger partial charge in [-0.1, -0.05) is 28.7 Å². The Morgan fingerprint density at radius 3 is 2.27 bits per heavy atom. The van der Waals surface area contributed by atoms with Crippen molar-refractivity contribution < 1.29 is 27.5 Å². The Hall–Kier alpha value is -1.91. The summed E-state index contributed by atoms with van der Waals surface area (Å²) in [6, 6.07) is 0.316. The molecule has 1 aliphatic carbocycles. The van der Waals surface area contributed by atoms with E-state index in [2.05, 4.69) is 45.0 Å². The van der Waals surface area contributed by atoms with Gasteiger partial charge in [0.25, 0.3) is 5.91 Å². The molecule has 41 heavy (non-hydrogen) atoms. The van der Waals surface area contributed by atoms with Crippen LogP contribution in [0.3, 0.4) is 0 Å². The van der Waals surface area contributed by atoms with E-state index < -0.39 is 16.1 Å². The van der Waals surface area contributed by atoms with Gasteiger partial charge < -0.3 is 24.8 Å². The molecule has 0 saturated carbocycles. The lowest BCUT2D eigenvalue weighted by Gasteiger charge is -2.42. The Bertz CT molecular complexity index is 1170. The van der Waals surface area contributed by atoms with Crippen molar-refractivity contribution in [2.24, 2.45) is 0 Å². The standard InChI is InChI=1S/C27H41IN6O6S/c1-41(38,39)33-11-7-22(8-12-33)30-14-16-31(17-15-30)25(35)19-40-27(37)32-9-5-23(6-10-32)34-13-4-20-2-3-21(28)18-24(20)29-26(34)36/h2,18,21-23H,3-17,19H2,1H3,(H,29,36). The van der Waals surface area contributed by atoms with Gasteiger partial charge in [0.2, 0.25) is 10.0 Å². The van der Waals surface area contributed by atoms with Crippen molar-refractivity contribution in [3.05, 3.63) is 23.4 Å². The van der Waals surface area contributed by atoms with Crippen molar-refractivity contribution >= 4 is 50.6 Å². The molecule has 228 valence electrons. The lowest BCUT2D eigenvalue weighted by Crippen LogP contribution is -2.55. The van der Waals surface area contributed by atoms with E-state index >= 15 is 0 Å². The molecule has 0 radical (unpaired) electrons. The lowest BCUT2D eigenvalue weighted by atomic mass is 10.00. The maximum Gasteiger partial charge on any atom is 0.410 e.